The lowest BCUT2D eigenvalue weighted by atomic mass is 9.99. The normalized spacial score (nSPS) is 15.9. The summed E-state index contributed by atoms with van der Waals surface area (Å²) < 4.78 is 40.3. The summed E-state index contributed by atoms with van der Waals surface area (Å²) in [6, 6.07) is 1.62. The van der Waals surface area contributed by atoms with Crippen LogP contribution in [0.3, 0.4) is 0 Å². The van der Waals surface area contributed by atoms with Crippen LogP contribution >= 0.6 is 0 Å². The van der Waals surface area contributed by atoms with Gasteiger partial charge in [0.05, 0.1) is 29.7 Å². The molecule has 0 aliphatic carbocycles. The van der Waals surface area contributed by atoms with Crippen LogP contribution in [-0.4, -0.2) is 43.7 Å². The molecule has 4 heterocycles. The zero-order valence-corrected chi connectivity index (χ0v) is 19.2. The largest absolute Gasteiger partial charge is 0.416 e. The van der Waals surface area contributed by atoms with E-state index in [1.54, 1.807) is 19.3 Å². The lowest BCUT2D eigenvalue weighted by Gasteiger charge is -2.36. The number of aryl methyl sites for hydroxylation is 1. The minimum absolute atomic E-state index is 0.0833. The molecule has 0 saturated carbocycles. The number of hydrogen-bond acceptors (Lipinski definition) is 7. The Kier molecular flexibility index (Phi) is 6.15. The van der Waals surface area contributed by atoms with E-state index in [4.69, 9.17) is 0 Å². The van der Waals surface area contributed by atoms with Gasteiger partial charge in [0.2, 0.25) is 11.9 Å². The van der Waals surface area contributed by atoms with Gasteiger partial charge in [0.15, 0.2) is 5.82 Å². The summed E-state index contributed by atoms with van der Waals surface area (Å²) in [5, 5.41) is 10.3. The van der Waals surface area contributed by atoms with Crippen LogP contribution in [0.25, 0.3) is 0 Å². The zero-order chi connectivity index (χ0) is 24.6. The minimum atomic E-state index is -4.42. The predicted molar refractivity (Wildman–Crippen MR) is 120 cm³/mol. The highest BCUT2D eigenvalue weighted by atomic mass is 19.4. The van der Waals surface area contributed by atoms with Crippen molar-refractivity contribution in [3.8, 4) is 0 Å². The second-order valence-corrected chi connectivity index (χ2v) is 8.55. The Labute approximate surface area is 194 Å². The van der Waals surface area contributed by atoms with Gasteiger partial charge in [-0.1, -0.05) is 13.8 Å². The predicted octanol–water partition coefficient (Wildman–Crippen LogP) is 3.47. The molecule has 3 aromatic rings. The van der Waals surface area contributed by atoms with Gasteiger partial charge in [-0.05, 0) is 25.0 Å². The van der Waals surface area contributed by atoms with Gasteiger partial charge in [-0.2, -0.15) is 23.3 Å². The molecule has 1 amide bonds. The second-order valence-electron chi connectivity index (χ2n) is 8.55. The number of carbonyl (C=O) groups is 1. The van der Waals surface area contributed by atoms with Gasteiger partial charge in [0.1, 0.15) is 11.7 Å². The van der Waals surface area contributed by atoms with Crippen LogP contribution in [-0.2, 0) is 24.1 Å². The van der Waals surface area contributed by atoms with E-state index >= 15 is 0 Å². The number of hydrogen-bond donors (Lipinski definition) is 2. The fraction of sp³-hybridized carbons (Fsp3) is 0.409. The maximum atomic E-state index is 12.9. The number of carbonyl (C=O) groups excluding carboxylic acids is 1. The summed E-state index contributed by atoms with van der Waals surface area (Å²) in [6.45, 7) is 6.23. The third-order valence-electron chi connectivity index (χ3n) is 5.58. The quantitative estimate of drug-likeness (QED) is 0.564. The smallest absolute Gasteiger partial charge is 0.350 e. The molecule has 2 N–H and O–H groups in total. The lowest BCUT2D eigenvalue weighted by molar-refractivity contribution is -0.137. The van der Waals surface area contributed by atoms with E-state index in [2.05, 4.69) is 30.7 Å². The van der Waals surface area contributed by atoms with Gasteiger partial charge >= 0.3 is 6.18 Å². The molecule has 34 heavy (non-hydrogen) atoms. The van der Waals surface area contributed by atoms with Crippen LogP contribution in [0, 0.1) is 12.8 Å². The summed E-state index contributed by atoms with van der Waals surface area (Å²) in [4.78, 5) is 27.4. The molecule has 0 bridgehead atoms. The molecular weight excluding hydrogens is 449 g/mol. The first kappa shape index (κ1) is 23.5. The van der Waals surface area contributed by atoms with E-state index in [1.165, 1.54) is 4.68 Å². The van der Waals surface area contributed by atoms with Gasteiger partial charge in [-0.25, -0.2) is 4.98 Å². The van der Waals surface area contributed by atoms with E-state index in [1.807, 2.05) is 25.8 Å². The van der Waals surface area contributed by atoms with Crippen molar-refractivity contribution in [3.63, 3.8) is 0 Å². The third kappa shape index (κ3) is 4.80. The first-order chi connectivity index (χ1) is 16.0. The number of nitrogens with one attached hydrogen (secondary N) is 2. The van der Waals surface area contributed by atoms with Crippen molar-refractivity contribution in [3.05, 3.63) is 53.2 Å². The Morgan fingerprint density at radius 2 is 2.03 bits per heavy atom. The van der Waals surface area contributed by atoms with Crippen LogP contribution in [0.1, 0.15) is 36.4 Å². The Balaban J connectivity index is 1.45. The van der Waals surface area contributed by atoms with Crippen molar-refractivity contribution < 1.29 is 18.0 Å². The average molecular weight is 474 g/mol. The van der Waals surface area contributed by atoms with Crippen LogP contribution in [0.4, 0.5) is 30.6 Å². The van der Waals surface area contributed by atoms with Crippen LogP contribution in [0.2, 0.25) is 0 Å². The van der Waals surface area contributed by atoms with Crippen molar-refractivity contribution >= 4 is 23.4 Å². The standard InChI is InChI=1S/C22H25F3N8O/c1-12(2)18-20(34)30-17-13(3)29-21(31-19(17)32(18)4)27-8-14-9-28-33(10-14)11-16-7-15(5-6-26-16)22(23,24)25/h5-7,9-10,12,18H,8,11H2,1-4H3,(H,30,34)(H,27,29,31)/t18-/m0/s1. The maximum Gasteiger partial charge on any atom is 0.416 e. The SMILES string of the molecule is Cc1nc(NCc2cnn(Cc3cc(C(F)(F)F)ccn3)c2)nc2c1NC(=O)[C@H](C(C)C)N2C. The van der Waals surface area contributed by atoms with Crippen molar-refractivity contribution in [1.29, 1.82) is 0 Å². The Hall–Kier alpha value is -3.70. The number of aromatic nitrogens is 5. The zero-order valence-electron chi connectivity index (χ0n) is 19.2. The minimum Gasteiger partial charge on any atom is -0.350 e. The molecule has 0 spiro atoms. The third-order valence-corrected chi connectivity index (χ3v) is 5.58. The van der Waals surface area contributed by atoms with E-state index in [0.717, 1.165) is 23.9 Å². The molecule has 4 rings (SSSR count). The average Bonchev–Trinajstić information content (AvgIpc) is 3.20. The Morgan fingerprint density at radius 1 is 1.26 bits per heavy atom. The van der Waals surface area contributed by atoms with Crippen LogP contribution < -0.4 is 15.5 Å². The second kappa shape index (κ2) is 8.92. The number of anilines is 3. The molecule has 0 radical (unpaired) electrons. The maximum absolute atomic E-state index is 12.9. The lowest BCUT2D eigenvalue weighted by Crippen LogP contribution is -2.49. The molecule has 9 nitrogen and oxygen atoms in total. The summed E-state index contributed by atoms with van der Waals surface area (Å²) in [6.07, 6.45) is 0.0630. The highest BCUT2D eigenvalue weighted by Gasteiger charge is 2.35. The molecular formula is C22H25F3N8O. The van der Waals surface area contributed by atoms with Gasteiger partial charge in [0.25, 0.3) is 0 Å². The fourth-order valence-electron chi connectivity index (χ4n) is 3.97. The molecule has 0 saturated heterocycles. The number of fused-ring (bicyclic) bond motifs is 1. The van der Waals surface area contributed by atoms with E-state index in [0.29, 0.717) is 29.7 Å². The number of rotatable bonds is 6. The first-order valence-electron chi connectivity index (χ1n) is 10.7. The van der Waals surface area contributed by atoms with Crippen LogP contribution in [0.5, 0.6) is 0 Å². The van der Waals surface area contributed by atoms with E-state index in [9.17, 15) is 18.0 Å². The number of pyridine rings is 1. The van der Waals surface area contributed by atoms with Crippen molar-refractivity contribution in [1.82, 2.24) is 24.7 Å². The van der Waals surface area contributed by atoms with Crippen LogP contribution in [0.15, 0.2) is 30.7 Å². The number of amides is 1. The first-order valence-corrected chi connectivity index (χ1v) is 10.7. The molecule has 0 unspecified atom stereocenters. The summed E-state index contributed by atoms with van der Waals surface area (Å²) >= 11 is 0. The Morgan fingerprint density at radius 3 is 2.74 bits per heavy atom. The van der Waals surface area contributed by atoms with Gasteiger partial charge in [-0.3, -0.25) is 14.5 Å². The Bertz CT molecular complexity index is 1210. The topological polar surface area (TPSA) is 101 Å². The van der Waals surface area contributed by atoms with Crippen molar-refractivity contribution in [2.75, 3.05) is 22.6 Å². The molecule has 1 aliphatic rings. The highest BCUT2D eigenvalue weighted by Crippen LogP contribution is 2.34. The van der Waals surface area contributed by atoms with E-state index in [-0.39, 0.29) is 30.1 Å². The van der Waals surface area contributed by atoms with Crippen molar-refractivity contribution in [2.45, 2.75) is 46.1 Å². The number of alkyl halides is 3. The monoisotopic (exact) mass is 474 g/mol. The molecule has 180 valence electrons. The van der Waals surface area contributed by atoms with Gasteiger partial charge in [-0.15, -0.1) is 0 Å². The van der Waals surface area contributed by atoms with Crippen molar-refractivity contribution in [2.24, 2.45) is 5.92 Å². The van der Waals surface area contributed by atoms with E-state index < -0.39 is 11.7 Å². The van der Waals surface area contributed by atoms with Gasteiger partial charge < -0.3 is 15.5 Å². The summed E-state index contributed by atoms with van der Waals surface area (Å²) in [5.41, 5.74) is 1.55. The van der Waals surface area contributed by atoms with Gasteiger partial charge in [0, 0.05) is 31.5 Å². The molecule has 0 fully saturated rings. The number of likely N-dealkylation sites (N-methyl/N-ethyl adjacent to an activating group) is 1. The molecule has 12 heteroatoms. The number of halogens is 3. The highest BCUT2D eigenvalue weighted by molar-refractivity contribution is 6.03. The fourth-order valence-corrected chi connectivity index (χ4v) is 3.97. The molecule has 1 aliphatic heterocycles. The summed E-state index contributed by atoms with van der Waals surface area (Å²) in [5.74, 6) is 1.05. The molecule has 0 aromatic carbocycles. The number of nitrogens with zero attached hydrogens (tertiary/aromatic N) is 6. The molecule has 1 atom stereocenters. The summed E-state index contributed by atoms with van der Waals surface area (Å²) in [7, 11) is 1.84. The molecule has 3 aromatic heterocycles.